The first kappa shape index (κ1) is 23.5. The maximum Gasteiger partial charge on any atom is 0.257 e. The number of nitrogens with zero attached hydrogens (tertiary/aromatic N) is 6. The minimum absolute atomic E-state index is 0.173. The molecular weight excluding hydrogens is 476 g/mol. The van der Waals surface area contributed by atoms with Gasteiger partial charge in [-0.05, 0) is 35.4 Å². The Morgan fingerprint density at radius 3 is 2.81 bits per heavy atom. The molecule has 36 heavy (non-hydrogen) atoms. The SMILES string of the molecule is Cn1ccc(-c2nc(N)c(OCCNc3cncc([S+](C)[O-])c3)nc2-c2ccc3ncccc3c2)n1. The Morgan fingerprint density at radius 2 is 2.00 bits per heavy atom. The molecule has 0 aliphatic heterocycles. The minimum atomic E-state index is -1.11. The highest BCUT2D eigenvalue weighted by molar-refractivity contribution is 7.90. The molecule has 4 heterocycles. The molecule has 3 N–H and O–H groups in total. The van der Waals surface area contributed by atoms with Gasteiger partial charge in [-0.2, -0.15) is 5.10 Å². The van der Waals surface area contributed by atoms with Gasteiger partial charge in [0.15, 0.2) is 10.7 Å². The van der Waals surface area contributed by atoms with Crippen molar-refractivity contribution in [3.63, 3.8) is 0 Å². The third-order valence-corrected chi connectivity index (χ3v) is 6.32. The van der Waals surface area contributed by atoms with E-state index < -0.39 is 11.2 Å². The van der Waals surface area contributed by atoms with Crippen LogP contribution in [0.2, 0.25) is 0 Å². The van der Waals surface area contributed by atoms with Gasteiger partial charge < -0.3 is 20.3 Å². The van der Waals surface area contributed by atoms with Crippen molar-refractivity contribution in [3.05, 3.63) is 67.3 Å². The number of benzene rings is 1. The second-order valence-electron chi connectivity index (χ2n) is 8.04. The van der Waals surface area contributed by atoms with E-state index in [1.165, 1.54) is 0 Å². The maximum atomic E-state index is 11.7. The zero-order chi connectivity index (χ0) is 25.1. The van der Waals surface area contributed by atoms with Crippen LogP contribution < -0.4 is 15.8 Å². The summed E-state index contributed by atoms with van der Waals surface area (Å²) in [6.45, 7) is 0.740. The monoisotopic (exact) mass is 500 g/mol. The van der Waals surface area contributed by atoms with Gasteiger partial charge in [0.2, 0.25) is 0 Å². The molecule has 0 aliphatic rings. The Kier molecular flexibility index (Phi) is 6.65. The Morgan fingerprint density at radius 1 is 1.11 bits per heavy atom. The number of nitrogens with two attached hydrogens (primary N) is 1. The highest BCUT2D eigenvalue weighted by Gasteiger charge is 2.18. The van der Waals surface area contributed by atoms with E-state index >= 15 is 0 Å². The van der Waals surface area contributed by atoms with Gasteiger partial charge in [0, 0.05) is 43.0 Å². The number of aryl methyl sites for hydroxylation is 1. The quantitative estimate of drug-likeness (QED) is 0.242. The van der Waals surface area contributed by atoms with Crippen molar-refractivity contribution in [1.82, 2.24) is 29.7 Å². The molecule has 11 heteroatoms. The summed E-state index contributed by atoms with van der Waals surface area (Å²) < 4.78 is 19.3. The zero-order valence-electron chi connectivity index (χ0n) is 19.8. The van der Waals surface area contributed by atoms with E-state index in [1.807, 2.05) is 49.6 Å². The second-order valence-corrected chi connectivity index (χ2v) is 9.42. The molecule has 0 radical (unpaired) electrons. The summed E-state index contributed by atoms with van der Waals surface area (Å²) in [5, 5.41) is 8.68. The van der Waals surface area contributed by atoms with E-state index in [2.05, 4.69) is 25.4 Å². The molecular formula is C25H24N8O2S. The number of ether oxygens (including phenoxy) is 1. The van der Waals surface area contributed by atoms with Crippen LogP contribution in [0.15, 0.2) is 72.1 Å². The molecule has 1 atom stereocenters. The molecule has 4 aromatic heterocycles. The summed E-state index contributed by atoms with van der Waals surface area (Å²) in [6, 6.07) is 13.5. The Balaban J connectivity index is 1.41. The Bertz CT molecular complexity index is 1520. The first-order chi connectivity index (χ1) is 17.5. The molecule has 0 saturated carbocycles. The Hall–Kier alpha value is -4.22. The molecule has 0 aliphatic carbocycles. The second kappa shape index (κ2) is 10.2. The third-order valence-electron chi connectivity index (χ3n) is 5.44. The fourth-order valence-corrected chi connectivity index (χ4v) is 4.20. The largest absolute Gasteiger partial charge is 0.612 e. The molecule has 0 saturated heterocycles. The van der Waals surface area contributed by atoms with Gasteiger partial charge in [-0.1, -0.05) is 12.1 Å². The van der Waals surface area contributed by atoms with E-state index in [0.29, 0.717) is 28.5 Å². The van der Waals surface area contributed by atoms with E-state index in [0.717, 1.165) is 22.2 Å². The Labute approximate surface area is 210 Å². The van der Waals surface area contributed by atoms with Gasteiger partial charge in [-0.15, -0.1) is 0 Å². The fourth-order valence-electron chi connectivity index (χ4n) is 3.70. The van der Waals surface area contributed by atoms with Crippen LogP contribution >= 0.6 is 0 Å². The zero-order valence-corrected chi connectivity index (χ0v) is 20.6. The summed E-state index contributed by atoms with van der Waals surface area (Å²) in [7, 11) is 1.84. The van der Waals surface area contributed by atoms with Crippen molar-refractivity contribution in [2.75, 3.05) is 30.5 Å². The van der Waals surface area contributed by atoms with Crippen LogP contribution in [0.4, 0.5) is 11.5 Å². The molecule has 0 amide bonds. The average Bonchev–Trinajstić information content (AvgIpc) is 3.33. The summed E-state index contributed by atoms with van der Waals surface area (Å²) in [5.41, 5.74) is 10.6. The van der Waals surface area contributed by atoms with Crippen LogP contribution in [-0.2, 0) is 18.2 Å². The lowest BCUT2D eigenvalue weighted by atomic mass is 10.0. The van der Waals surface area contributed by atoms with Crippen LogP contribution in [0.1, 0.15) is 0 Å². The molecule has 0 fully saturated rings. The molecule has 0 bridgehead atoms. The summed E-state index contributed by atoms with van der Waals surface area (Å²) in [5.74, 6) is 0.409. The van der Waals surface area contributed by atoms with Gasteiger partial charge in [0.05, 0.1) is 23.6 Å². The van der Waals surface area contributed by atoms with Crippen molar-refractivity contribution in [2.24, 2.45) is 7.05 Å². The number of nitrogens with one attached hydrogen (secondary N) is 1. The maximum absolute atomic E-state index is 11.7. The van der Waals surface area contributed by atoms with Crippen LogP contribution in [0, 0.1) is 0 Å². The number of hydrogen-bond donors (Lipinski definition) is 2. The van der Waals surface area contributed by atoms with Crippen LogP contribution in [0.25, 0.3) is 33.5 Å². The molecule has 1 aromatic carbocycles. The van der Waals surface area contributed by atoms with Gasteiger partial charge in [-0.3, -0.25) is 14.6 Å². The van der Waals surface area contributed by atoms with E-state index in [1.54, 1.807) is 35.6 Å². The third kappa shape index (κ3) is 5.07. The number of fused-ring (bicyclic) bond motifs is 1. The number of anilines is 2. The van der Waals surface area contributed by atoms with Crippen molar-refractivity contribution >= 4 is 33.6 Å². The summed E-state index contributed by atoms with van der Waals surface area (Å²) >= 11 is -1.11. The van der Waals surface area contributed by atoms with Crippen molar-refractivity contribution in [2.45, 2.75) is 4.90 Å². The highest BCUT2D eigenvalue weighted by Crippen LogP contribution is 2.33. The van der Waals surface area contributed by atoms with Gasteiger partial charge in [0.1, 0.15) is 29.9 Å². The summed E-state index contributed by atoms with van der Waals surface area (Å²) in [4.78, 5) is 18.5. The van der Waals surface area contributed by atoms with Crippen molar-refractivity contribution < 1.29 is 9.29 Å². The molecule has 5 aromatic rings. The van der Waals surface area contributed by atoms with Crippen LogP contribution in [0.5, 0.6) is 5.88 Å². The molecule has 5 rings (SSSR count). The number of hydrogen-bond acceptors (Lipinski definition) is 9. The average molecular weight is 501 g/mol. The van der Waals surface area contributed by atoms with Gasteiger partial charge >= 0.3 is 0 Å². The van der Waals surface area contributed by atoms with Gasteiger partial charge in [-0.25, -0.2) is 9.97 Å². The van der Waals surface area contributed by atoms with Gasteiger partial charge in [0.25, 0.3) is 5.88 Å². The number of nitrogen functional groups attached to an aromatic ring is 1. The predicted molar refractivity (Wildman–Crippen MR) is 140 cm³/mol. The van der Waals surface area contributed by atoms with Crippen molar-refractivity contribution in [3.8, 4) is 28.5 Å². The molecule has 0 spiro atoms. The lowest BCUT2D eigenvalue weighted by molar-refractivity contribution is 0.321. The van der Waals surface area contributed by atoms with E-state index in [4.69, 9.17) is 15.5 Å². The van der Waals surface area contributed by atoms with Crippen LogP contribution in [0.3, 0.4) is 0 Å². The van der Waals surface area contributed by atoms with Crippen LogP contribution in [-0.4, -0.2) is 53.7 Å². The first-order valence-electron chi connectivity index (χ1n) is 11.2. The molecule has 182 valence electrons. The number of aromatic nitrogens is 6. The fraction of sp³-hybridized carbons (Fsp3) is 0.160. The number of pyridine rings is 2. The predicted octanol–water partition coefficient (Wildman–Crippen LogP) is 3.30. The molecule has 1 unspecified atom stereocenters. The standard InChI is InChI=1S/C25H24N8O2S/c1-33-10-7-21(32-33)23-22(17-5-6-20-16(12-17)4-3-8-29-20)31-25(24(26)30-23)35-11-9-28-18-13-19(36(2)34)15-27-14-18/h3-8,10,12-15,28H,9,11H2,1-2H3,(H2,26,30). The lowest BCUT2D eigenvalue weighted by Gasteiger charge is -2.13. The normalized spacial score (nSPS) is 12.0. The van der Waals surface area contributed by atoms with E-state index in [9.17, 15) is 4.55 Å². The first-order valence-corrected chi connectivity index (χ1v) is 12.7. The number of rotatable bonds is 8. The minimum Gasteiger partial charge on any atom is -0.612 e. The smallest absolute Gasteiger partial charge is 0.257 e. The summed E-state index contributed by atoms with van der Waals surface area (Å²) in [6.07, 6.45) is 8.47. The molecule has 10 nitrogen and oxygen atoms in total. The highest BCUT2D eigenvalue weighted by atomic mass is 32.2. The van der Waals surface area contributed by atoms with E-state index in [-0.39, 0.29) is 18.3 Å². The topological polar surface area (TPSA) is 140 Å². The van der Waals surface area contributed by atoms with Crippen molar-refractivity contribution in [1.29, 1.82) is 0 Å². The lowest BCUT2D eigenvalue weighted by Crippen LogP contribution is -2.14.